The van der Waals surface area contributed by atoms with E-state index in [1.165, 1.54) is 6.20 Å². The van der Waals surface area contributed by atoms with Crippen LogP contribution in [0.1, 0.15) is 29.9 Å². The Kier molecular flexibility index (Phi) is 6.44. The first-order chi connectivity index (χ1) is 13.9. The van der Waals surface area contributed by atoms with Crippen molar-refractivity contribution in [3.8, 4) is 0 Å². The third-order valence-electron chi connectivity index (χ3n) is 4.61. The molecule has 6 nitrogen and oxygen atoms in total. The van der Waals surface area contributed by atoms with E-state index in [1.807, 2.05) is 87.4 Å². The molecule has 0 saturated heterocycles. The fraction of sp³-hybridized carbons (Fsp3) is 0.261. The number of carbonyl (C=O) groups excluding carboxylic acids is 1. The highest BCUT2D eigenvalue weighted by Crippen LogP contribution is 2.19. The van der Waals surface area contributed by atoms with Crippen LogP contribution in [0, 0.1) is 0 Å². The van der Waals surface area contributed by atoms with Gasteiger partial charge in [0.25, 0.3) is 5.91 Å². The number of rotatable bonds is 7. The zero-order valence-electron chi connectivity index (χ0n) is 17.3. The van der Waals surface area contributed by atoms with E-state index in [4.69, 9.17) is 0 Å². The molecule has 6 heteroatoms. The van der Waals surface area contributed by atoms with E-state index in [2.05, 4.69) is 15.3 Å². The predicted octanol–water partition coefficient (Wildman–Crippen LogP) is 4.34. The van der Waals surface area contributed by atoms with E-state index in [1.54, 1.807) is 11.1 Å². The van der Waals surface area contributed by atoms with Gasteiger partial charge in [-0.05, 0) is 43.7 Å². The van der Waals surface area contributed by atoms with Gasteiger partial charge in [-0.3, -0.25) is 4.79 Å². The Morgan fingerprint density at radius 2 is 1.66 bits per heavy atom. The average molecular weight is 390 g/mol. The molecule has 150 valence electrons. The van der Waals surface area contributed by atoms with Crippen molar-refractivity contribution in [1.82, 2.24) is 14.9 Å². The van der Waals surface area contributed by atoms with Crippen LogP contribution in [0.2, 0.25) is 0 Å². The molecule has 0 atom stereocenters. The van der Waals surface area contributed by atoms with Crippen LogP contribution in [-0.2, 0) is 6.54 Å². The highest BCUT2D eigenvalue weighted by Gasteiger charge is 2.20. The number of carbonyl (C=O) groups is 1. The smallest absolute Gasteiger partial charge is 0.274 e. The van der Waals surface area contributed by atoms with E-state index in [9.17, 15) is 4.79 Å². The van der Waals surface area contributed by atoms with Crippen LogP contribution in [0.25, 0.3) is 0 Å². The second-order valence-electron chi connectivity index (χ2n) is 7.37. The summed E-state index contributed by atoms with van der Waals surface area (Å²) in [6.45, 7) is 4.54. The van der Waals surface area contributed by atoms with Crippen molar-refractivity contribution >= 4 is 23.1 Å². The number of nitrogens with one attached hydrogen (secondary N) is 1. The zero-order chi connectivity index (χ0) is 20.8. The van der Waals surface area contributed by atoms with Gasteiger partial charge in [0.15, 0.2) is 0 Å². The Bertz CT molecular complexity index is 922. The number of anilines is 3. The monoisotopic (exact) mass is 389 g/mol. The van der Waals surface area contributed by atoms with Crippen molar-refractivity contribution in [3.05, 3.63) is 78.2 Å². The Balaban J connectivity index is 1.69. The zero-order valence-corrected chi connectivity index (χ0v) is 17.3. The molecule has 3 aromatic rings. The van der Waals surface area contributed by atoms with Crippen LogP contribution in [0.5, 0.6) is 0 Å². The first-order valence-electron chi connectivity index (χ1n) is 9.65. The van der Waals surface area contributed by atoms with Gasteiger partial charge in [0, 0.05) is 38.1 Å². The Morgan fingerprint density at radius 1 is 0.966 bits per heavy atom. The molecule has 3 rings (SSSR count). The number of hydrogen-bond acceptors (Lipinski definition) is 5. The molecule has 0 saturated carbocycles. The molecular weight excluding hydrogens is 362 g/mol. The SMILES string of the molecule is CC(C)N(Cc1ccccc1)C(=O)c1cnc(Nc2ccc(N(C)C)cc2)cn1. The number of nitrogens with zero attached hydrogens (tertiary/aromatic N) is 4. The van der Waals surface area contributed by atoms with E-state index in [0.717, 1.165) is 16.9 Å². The molecule has 0 aliphatic heterocycles. The Morgan fingerprint density at radius 3 is 2.21 bits per heavy atom. The minimum Gasteiger partial charge on any atom is -0.378 e. The lowest BCUT2D eigenvalue weighted by molar-refractivity contribution is 0.0684. The van der Waals surface area contributed by atoms with E-state index in [-0.39, 0.29) is 11.9 Å². The summed E-state index contributed by atoms with van der Waals surface area (Å²) in [4.78, 5) is 25.5. The van der Waals surface area contributed by atoms with Gasteiger partial charge in [-0.1, -0.05) is 30.3 Å². The third-order valence-corrected chi connectivity index (χ3v) is 4.61. The van der Waals surface area contributed by atoms with E-state index >= 15 is 0 Å². The predicted molar refractivity (Wildman–Crippen MR) is 118 cm³/mol. The molecule has 0 aliphatic rings. The van der Waals surface area contributed by atoms with Gasteiger partial charge in [0.1, 0.15) is 11.5 Å². The maximum absolute atomic E-state index is 13.0. The summed E-state index contributed by atoms with van der Waals surface area (Å²) in [5, 5.41) is 3.21. The molecule has 29 heavy (non-hydrogen) atoms. The van der Waals surface area contributed by atoms with Gasteiger partial charge < -0.3 is 15.1 Å². The summed E-state index contributed by atoms with van der Waals surface area (Å²) in [6.07, 6.45) is 3.12. The van der Waals surface area contributed by atoms with Crippen LogP contribution in [0.4, 0.5) is 17.2 Å². The lowest BCUT2D eigenvalue weighted by Crippen LogP contribution is -2.36. The molecule has 0 spiro atoms. The summed E-state index contributed by atoms with van der Waals surface area (Å²) in [7, 11) is 4.00. The second-order valence-corrected chi connectivity index (χ2v) is 7.37. The fourth-order valence-electron chi connectivity index (χ4n) is 2.91. The minimum absolute atomic E-state index is 0.0533. The number of aromatic nitrogens is 2. The summed E-state index contributed by atoms with van der Waals surface area (Å²) < 4.78 is 0. The molecule has 0 unspecified atom stereocenters. The van der Waals surface area contributed by atoms with Crippen LogP contribution in [-0.4, -0.2) is 40.9 Å². The maximum atomic E-state index is 13.0. The van der Waals surface area contributed by atoms with Gasteiger partial charge >= 0.3 is 0 Å². The maximum Gasteiger partial charge on any atom is 0.274 e. The molecule has 1 aromatic heterocycles. The molecule has 0 aliphatic carbocycles. The summed E-state index contributed by atoms with van der Waals surface area (Å²) in [6, 6.07) is 18.0. The van der Waals surface area contributed by atoms with Gasteiger partial charge in [-0.15, -0.1) is 0 Å². The van der Waals surface area contributed by atoms with Crippen LogP contribution in [0.15, 0.2) is 67.0 Å². The topological polar surface area (TPSA) is 61.4 Å². The van der Waals surface area contributed by atoms with Crippen molar-refractivity contribution in [2.45, 2.75) is 26.4 Å². The minimum atomic E-state index is -0.127. The fourth-order valence-corrected chi connectivity index (χ4v) is 2.91. The van der Waals surface area contributed by atoms with Gasteiger partial charge in [-0.2, -0.15) is 0 Å². The Hall–Kier alpha value is -3.41. The number of amides is 1. The van der Waals surface area contributed by atoms with E-state index in [0.29, 0.717) is 18.1 Å². The molecular formula is C23H27N5O. The van der Waals surface area contributed by atoms with Crippen LogP contribution < -0.4 is 10.2 Å². The van der Waals surface area contributed by atoms with E-state index < -0.39 is 0 Å². The molecule has 0 radical (unpaired) electrons. The van der Waals surface area contributed by atoms with Crippen molar-refractivity contribution < 1.29 is 4.79 Å². The normalized spacial score (nSPS) is 10.7. The van der Waals surface area contributed by atoms with Crippen LogP contribution in [0.3, 0.4) is 0 Å². The number of hydrogen-bond donors (Lipinski definition) is 1. The summed E-state index contributed by atoms with van der Waals surface area (Å²) >= 11 is 0. The van der Waals surface area contributed by atoms with Gasteiger partial charge in [0.2, 0.25) is 0 Å². The van der Waals surface area contributed by atoms with Gasteiger partial charge in [-0.25, -0.2) is 9.97 Å². The molecule has 1 amide bonds. The van der Waals surface area contributed by atoms with Crippen molar-refractivity contribution in [3.63, 3.8) is 0 Å². The molecule has 0 bridgehead atoms. The lowest BCUT2D eigenvalue weighted by atomic mass is 10.2. The van der Waals surface area contributed by atoms with Gasteiger partial charge in [0.05, 0.1) is 12.4 Å². The van der Waals surface area contributed by atoms with Crippen molar-refractivity contribution in [2.24, 2.45) is 0 Å². The highest BCUT2D eigenvalue weighted by atomic mass is 16.2. The first-order valence-corrected chi connectivity index (χ1v) is 9.65. The highest BCUT2D eigenvalue weighted by molar-refractivity contribution is 5.92. The summed E-state index contributed by atoms with van der Waals surface area (Å²) in [5.41, 5.74) is 3.46. The van der Waals surface area contributed by atoms with Crippen LogP contribution >= 0.6 is 0 Å². The van der Waals surface area contributed by atoms with Crippen molar-refractivity contribution in [2.75, 3.05) is 24.3 Å². The molecule has 1 heterocycles. The van der Waals surface area contributed by atoms with Crippen molar-refractivity contribution in [1.29, 1.82) is 0 Å². The molecule has 2 aromatic carbocycles. The molecule has 1 N–H and O–H groups in total. The quantitative estimate of drug-likeness (QED) is 0.651. The standard InChI is InChI=1S/C23H27N5O/c1-17(2)28(16-18-8-6-5-7-9-18)23(29)21-14-25-22(15-24-21)26-19-10-12-20(13-11-19)27(3)4/h5-15,17H,16H2,1-4H3,(H,25,26). The Labute approximate surface area is 172 Å². The summed E-state index contributed by atoms with van der Waals surface area (Å²) in [5.74, 6) is 0.469. The largest absolute Gasteiger partial charge is 0.378 e. The third kappa shape index (κ3) is 5.31. The first kappa shape index (κ1) is 20.3. The molecule has 0 fully saturated rings. The average Bonchev–Trinajstić information content (AvgIpc) is 2.73. The lowest BCUT2D eigenvalue weighted by Gasteiger charge is -2.26. The second kappa shape index (κ2) is 9.19. The number of benzene rings is 2.